The molecular weight excluding hydrogens is 520 g/mol. The summed E-state index contributed by atoms with van der Waals surface area (Å²) in [5.74, 6) is 2.14. The number of nitrogens with zero attached hydrogens (tertiary/aromatic N) is 5. The van der Waals surface area contributed by atoms with E-state index in [1.165, 1.54) is 31.5 Å². The van der Waals surface area contributed by atoms with Crippen LogP contribution in [0.15, 0.2) is 90.1 Å². The number of hydrogen-bond donors (Lipinski definition) is 1. The smallest absolute Gasteiger partial charge is 0.276 e. The van der Waals surface area contributed by atoms with Gasteiger partial charge in [0.1, 0.15) is 5.65 Å². The Morgan fingerprint density at radius 3 is 2.70 bits per heavy atom. The third-order valence-corrected chi connectivity index (χ3v) is 8.76. The van der Waals surface area contributed by atoms with Gasteiger partial charge >= 0.3 is 0 Å². The fourth-order valence-electron chi connectivity index (χ4n) is 6.80. The first kappa shape index (κ1) is 26.5. The molecule has 2 aliphatic rings. The van der Waals surface area contributed by atoms with E-state index >= 15 is 0 Å². The largest absolute Gasteiger partial charge is 0.384 e. The van der Waals surface area contributed by atoms with E-state index in [1.807, 2.05) is 59.4 Å². The number of aromatic nitrogens is 4. The molecule has 206 valence electrons. The number of pyridine rings is 1. The first-order valence-electron chi connectivity index (χ1n) is 14.1. The van der Waals surface area contributed by atoms with Crippen LogP contribution in [0.2, 0.25) is 0 Å². The molecular formula is C32H35ClN6O. The molecule has 7 nitrogen and oxygen atoms in total. The topological polar surface area (TPSA) is 67.5 Å². The Balaban J connectivity index is 0.00000289. The molecule has 2 aromatic carbocycles. The lowest BCUT2D eigenvalue weighted by Gasteiger charge is -2.22. The number of rotatable bonds is 8. The number of aryl methyl sites for hydroxylation is 2. The van der Waals surface area contributed by atoms with Crippen molar-refractivity contribution < 1.29 is 0 Å². The Kier molecular flexibility index (Phi) is 7.59. The van der Waals surface area contributed by atoms with Crippen molar-refractivity contribution in [2.24, 2.45) is 17.8 Å². The third-order valence-electron chi connectivity index (χ3n) is 8.76. The predicted octanol–water partition coefficient (Wildman–Crippen LogP) is 5.28. The number of likely N-dealkylation sites (tertiary alicyclic amines) is 1. The average Bonchev–Trinajstić information content (AvgIpc) is 3.66. The molecule has 2 fully saturated rings. The Bertz CT molecular complexity index is 1630. The van der Waals surface area contributed by atoms with Crippen LogP contribution in [0.4, 0.5) is 5.69 Å². The van der Waals surface area contributed by atoms with Crippen molar-refractivity contribution in [1.82, 2.24) is 24.1 Å². The number of halogens is 1. The normalized spacial score (nSPS) is 20.6. The van der Waals surface area contributed by atoms with Crippen LogP contribution in [0, 0.1) is 17.8 Å². The van der Waals surface area contributed by atoms with Crippen LogP contribution in [-0.2, 0) is 19.5 Å². The van der Waals surface area contributed by atoms with Gasteiger partial charge in [-0.25, -0.2) is 9.67 Å². The van der Waals surface area contributed by atoms with E-state index in [2.05, 4.69) is 50.6 Å². The summed E-state index contributed by atoms with van der Waals surface area (Å²) in [6, 6.07) is 22.8. The zero-order chi connectivity index (χ0) is 26.2. The molecule has 8 heteroatoms. The summed E-state index contributed by atoms with van der Waals surface area (Å²) in [5, 5.41) is 9.78. The minimum absolute atomic E-state index is 0. The summed E-state index contributed by atoms with van der Waals surface area (Å²) in [7, 11) is 0. The first-order valence-corrected chi connectivity index (χ1v) is 14.1. The van der Waals surface area contributed by atoms with Gasteiger partial charge in [0.15, 0.2) is 0 Å². The van der Waals surface area contributed by atoms with Gasteiger partial charge < -0.3 is 9.72 Å². The van der Waals surface area contributed by atoms with E-state index in [4.69, 9.17) is 0 Å². The average molecular weight is 555 g/mol. The molecule has 40 heavy (non-hydrogen) atoms. The van der Waals surface area contributed by atoms with E-state index in [9.17, 15) is 4.79 Å². The van der Waals surface area contributed by atoms with Gasteiger partial charge in [0.05, 0.1) is 23.8 Å². The van der Waals surface area contributed by atoms with Gasteiger partial charge in [0.2, 0.25) is 0 Å². The van der Waals surface area contributed by atoms with Crippen molar-refractivity contribution >= 4 is 34.5 Å². The number of fused-ring (bicyclic) bond motifs is 3. The van der Waals surface area contributed by atoms with E-state index in [1.54, 1.807) is 4.68 Å². The lowest BCUT2D eigenvalue weighted by Crippen LogP contribution is -2.27. The van der Waals surface area contributed by atoms with Crippen LogP contribution in [0.25, 0.3) is 16.4 Å². The Labute approximate surface area is 240 Å². The van der Waals surface area contributed by atoms with Crippen molar-refractivity contribution in [3.05, 3.63) is 107 Å². The van der Waals surface area contributed by atoms with Crippen molar-refractivity contribution in [1.29, 1.82) is 0 Å². The van der Waals surface area contributed by atoms with Crippen LogP contribution in [0.5, 0.6) is 0 Å². The maximum atomic E-state index is 13.6. The Hall–Kier alpha value is -3.68. The Morgan fingerprint density at radius 1 is 0.950 bits per heavy atom. The third kappa shape index (κ3) is 5.23. The van der Waals surface area contributed by atoms with Gasteiger partial charge in [-0.05, 0) is 54.4 Å². The minimum Gasteiger partial charge on any atom is -0.384 e. The molecule has 0 radical (unpaired) electrons. The van der Waals surface area contributed by atoms with Crippen LogP contribution in [0.3, 0.4) is 0 Å². The van der Waals surface area contributed by atoms with Crippen LogP contribution < -0.4 is 10.9 Å². The second-order valence-corrected chi connectivity index (χ2v) is 11.2. The van der Waals surface area contributed by atoms with E-state index in [0.717, 1.165) is 52.7 Å². The number of anilines is 1. The summed E-state index contributed by atoms with van der Waals surface area (Å²) in [4.78, 5) is 20.9. The van der Waals surface area contributed by atoms with Crippen molar-refractivity contribution in [3.63, 3.8) is 0 Å². The highest BCUT2D eigenvalue weighted by atomic mass is 35.5. The lowest BCUT2D eigenvalue weighted by molar-refractivity contribution is 0.286. The fraction of sp³-hybridized carbons (Fsp3) is 0.344. The fourth-order valence-corrected chi connectivity index (χ4v) is 6.80. The maximum absolute atomic E-state index is 13.6. The number of nitrogens with one attached hydrogen (secondary N) is 1. The summed E-state index contributed by atoms with van der Waals surface area (Å²) < 4.78 is 3.59. The quantitative estimate of drug-likeness (QED) is 0.283. The minimum atomic E-state index is -0.0430. The van der Waals surface area contributed by atoms with Gasteiger partial charge in [-0.2, -0.15) is 5.10 Å². The van der Waals surface area contributed by atoms with Crippen molar-refractivity contribution in [3.8, 4) is 0 Å². The number of hydrogen-bond acceptors (Lipinski definition) is 5. The summed E-state index contributed by atoms with van der Waals surface area (Å²) in [6.07, 6.45) is 9.04. The summed E-state index contributed by atoms with van der Waals surface area (Å²) >= 11 is 0. The molecule has 1 aliphatic carbocycles. The monoisotopic (exact) mass is 554 g/mol. The molecule has 3 aromatic heterocycles. The van der Waals surface area contributed by atoms with E-state index in [0.29, 0.717) is 18.9 Å². The first-order chi connectivity index (χ1) is 19.2. The summed E-state index contributed by atoms with van der Waals surface area (Å²) in [6.45, 7) is 4.81. The molecule has 7 rings (SSSR count). The zero-order valence-corrected chi connectivity index (χ0v) is 23.3. The van der Waals surface area contributed by atoms with E-state index < -0.39 is 0 Å². The molecule has 0 amide bonds. The molecule has 5 aromatic rings. The van der Waals surface area contributed by atoms with Crippen LogP contribution >= 0.6 is 12.4 Å². The molecule has 1 N–H and O–H groups in total. The molecule has 1 saturated heterocycles. The standard InChI is InChI=1S/C32H34N6O.ClH/c39-32-31-25(18-34-38(32)16-14-27-21-37-15-5-4-11-30(37)35-27)9-6-10-29(31)33-17-24-12-13-26-20-36(22-28(24)26)19-23-7-2-1-3-8-23;/h1-11,15,18,21,24,26,28,33H,12-14,16-17,19-20,22H2;1H/t24-,26-,28-;/m1./s1. The molecule has 4 heterocycles. The molecule has 1 aliphatic heterocycles. The van der Waals surface area contributed by atoms with Gasteiger partial charge in [0, 0.05) is 56.1 Å². The predicted molar refractivity (Wildman–Crippen MR) is 162 cm³/mol. The highest BCUT2D eigenvalue weighted by Crippen LogP contribution is 2.42. The second kappa shape index (κ2) is 11.4. The van der Waals surface area contributed by atoms with E-state index in [-0.39, 0.29) is 18.0 Å². The molecule has 1 saturated carbocycles. The molecule has 0 bridgehead atoms. The highest BCUT2D eigenvalue weighted by molar-refractivity contribution is 5.92. The number of benzene rings is 2. The zero-order valence-electron chi connectivity index (χ0n) is 22.5. The second-order valence-electron chi connectivity index (χ2n) is 11.2. The molecule has 0 spiro atoms. The molecule has 3 atom stereocenters. The van der Waals surface area contributed by atoms with Gasteiger partial charge in [-0.1, -0.05) is 48.5 Å². The van der Waals surface area contributed by atoms with Crippen molar-refractivity contribution in [2.75, 3.05) is 25.0 Å². The summed E-state index contributed by atoms with van der Waals surface area (Å²) in [5.41, 5.74) is 4.14. The number of imidazole rings is 1. The highest BCUT2D eigenvalue weighted by Gasteiger charge is 2.42. The SMILES string of the molecule is Cl.O=c1c2c(NC[C@H]3CC[C@@H]4CN(Cc5ccccc5)C[C@H]34)cccc2cnn1CCc1cn2ccccc2n1. The van der Waals surface area contributed by atoms with Gasteiger partial charge in [-0.3, -0.25) is 9.69 Å². The maximum Gasteiger partial charge on any atom is 0.276 e. The van der Waals surface area contributed by atoms with Crippen LogP contribution in [0.1, 0.15) is 24.1 Å². The van der Waals surface area contributed by atoms with Gasteiger partial charge in [-0.15, -0.1) is 12.4 Å². The Morgan fingerprint density at radius 2 is 1.82 bits per heavy atom. The lowest BCUT2D eigenvalue weighted by atomic mass is 9.92. The molecule has 0 unspecified atom stereocenters. The van der Waals surface area contributed by atoms with Gasteiger partial charge in [0.25, 0.3) is 5.56 Å². The van der Waals surface area contributed by atoms with Crippen LogP contribution in [-0.4, -0.2) is 43.7 Å². The van der Waals surface area contributed by atoms with Crippen molar-refractivity contribution in [2.45, 2.75) is 32.4 Å².